The van der Waals surface area contributed by atoms with Crippen LogP contribution in [0.3, 0.4) is 0 Å². The molecule has 1 aliphatic rings. The summed E-state index contributed by atoms with van der Waals surface area (Å²) in [7, 11) is 2.93. The van der Waals surface area contributed by atoms with Gasteiger partial charge < -0.3 is 14.2 Å². The van der Waals surface area contributed by atoms with Crippen molar-refractivity contribution in [2.24, 2.45) is 5.92 Å². The molecule has 5 nitrogen and oxygen atoms in total. The maximum atomic E-state index is 14.1. The van der Waals surface area contributed by atoms with E-state index in [0.29, 0.717) is 23.7 Å². The van der Waals surface area contributed by atoms with E-state index in [9.17, 15) is 9.18 Å². The second kappa shape index (κ2) is 6.20. The molecule has 2 rings (SSSR count). The molecule has 0 bridgehead atoms. The first-order valence-corrected chi connectivity index (χ1v) is 6.81. The number of amides is 1. The molecule has 1 aromatic rings. The summed E-state index contributed by atoms with van der Waals surface area (Å²) < 4.78 is 29.4. The van der Waals surface area contributed by atoms with Crippen LogP contribution < -0.4 is 9.47 Å². The highest BCUT2D eigenvalue weighted by Gasteiger charge is 2.35. The van der Waals surface area contributed by atoms with Crippen LogP contribution in [0.2, 0.25) is 0 Å². The van der Waals surface area contributed by atoms with E-state index < -0.39 is 11.9 Å². The van der Waals surface area contributed by atoms with E-state index in [4.69, 9.17) is 14.2 Å². The van der Waals surface area contributed by atoms with Gasteiger partial charge in [-0.1, -0.05) is 13.8 Å². The lowest BCUT2D eigenvalue weighted by Crippen LogP contribution is -2.36. The van der Waals surface area contributed by atoms with Gasteiger partial charge in [-0.25, -0.2) is 9.18 Å². The minimum atomic E-state index is -0.435. The van der Waals surface area contributed by atoms with Crippen LogP contribution in [0.1, 0.15) is 19.4 Å². The highest BCUT2D eigenvalue weighted by atomic mass is 19.1. The van der Waals surface area contributed by atoms with Gasteiger partial charge in [0.25, 0.3) is 0 Å². The molecule has 1 fully saturated rings. The Morgan fingerprint density at radius 3 is 2.52 bits per heavy atom. The third-order valence-corrected chi connectivity index (χ3v) is 3.68. The number of nitrogens with zero attached hydrogens (tertiary/aromatic N) is 1. The monoisotopic (exact) mass is 297 g/mol. The minimum Gasteiger partial charge on any atom is -0.493 e. The fourth-order valence-electron chi connectivity index (χ4n) is 2.40. The minimum absolute atomic E-state index is 0.0509. The molecule has 21 heavy (non-hydrogen) atoms. The Morgan fingerprint density at radius 1 is 1.33 bits per heavy atom. The van der Waals surface area contributed by atoms with Gasteiger partial charge in [-0.15, -0.1) is 0 Å². The van der Waals surface area contributed by atoms with Gasteiger partial charge in [-0.2, -0.15) is 0 Å². The number of hydrogen-bond donors (Lipinski definition) is 0. The summed E-state index contributed by atoms with van der Waals surface area (Å²) in [6.07, 6.45) is -0.414. The van der Waals surface area contributed by atoms with E-state index in [1.807, 2.05) is 13.8 Å². The summed E-state index contributed by atoms with van der Waals surface area (Å²) >= 11 is 0. The largest absolute Gasteiger partial charge is 0.493 e. The molecule has 0 unspecified atom stereocenters. The predicted molar refractivity (Wildman–Crippen MR) is 75.0 cm³/mol. The van der Waals surface area contributed by atoms with Crippen molar-refractivity contribution in [2.75, 3.05) is 20.8 Å². The number of methoxy groups -OCH3 is 2. The lowest BCUT2D eigenvalue weighted by Gasteiger charge is -2.24. The molecule has 0 spiro atoms. The Morgan fingerprint density at radius 2 is 1.95 bits per heavy atom. The molecule has 0 aromatic heterocycles. The maximum Gasteiger partial charge on any atom is 0.410 e. The molecule has 0 aliphatic carbocycles. The van der Waals surface area contributed by atoms with Crippen molar-refractivity contribution in [3.05, 3.63) is 23.5 Å². The van der Waals surface area contributed by atoms with E-state index in [2.05, 4.69) is 0 Å². The third-order valence-electron chi connectivity index (χ3n) is 3.68. The standard InChI is InChI=1S/C15H20FNO4/c1-9(2)12-8-21-15(18)17(12)7-10-5-13(19-3)14(20-4)6-11(10)16/h5-6,9,12H,7-8H2,1-4H3/t12-/m1/s1. The van der Waals surface area contributed by atoms with E-state index in [0.717, 1.165) is 0 Å². The van der Waals surface area contributed by atoms with Crippen molar-refractivity contribution in [1.82, 2.24) is 4.90 Å². The molecule has 1 heterocycles. The molecule has 0 saturated carbocycles. The number of rotatable bonds is 5. The molecule has 6 heteroatoms. The second-order valence-corrected chi connectivity index (χ2v) is 5.31. The lowest BCUT2D eigenvalue weighted by atomic mass is 10.0. The van der Waals surface area contributed by atoms with Gasteiger partial charge in [0.05, 0.1) is 26.8 Å². The van der Waals surface area contributed by atoms with Crippen LogP contribution in [-0.4, -0.2) is 37.9 Å². The average molecular weight is 297 g/mol. The van der Waals surface area contributed by atoms with Gasteiger partial charge in [0.1, 0.15) is 12.4 Å². The molecule has 0 N–H and O–H groups in total. The number of benzene rings is 1. The van der Waals surface area contributed by atoms with Crippen LogP contribution in [-0.2, 0) is 11.3 Å². The zero-order chi connectivity index (χ0) is 15.6. The van der Waals surface area contributed by atoms with Gasteiger partial charge in [0, 0.05) is 11.6 Å². The van der Waals surface area contributed by atoms with Crippen molar-refractivity contribution in [3.8, 4) is 11.5 Å². The Hall–Kier alpha value is -1.98. The second-order valence-electron chi connectivity index (χ2n) is 5.31. The summed E-state index contributed by atoms with van der Waals surface area (Å²) in [6, 6.07) is 2.77. The number of hydrogen-bond acceptors (Lipinski definition) is 4. The van der Waals surface area contributed by atoms with Crippen LogP contribution in [0, 0.1) is 11.7 Å². The van der Waals surface area contributed by atoms with Crippen LogP contribution in [0.15, 0.2) is 12.1 Å². The molecule has 1 aromatic carbocycles. The summed E-state index contributed by atoms with van der Waals surface area (Å²) in [4.78, 5) is 13.4. The molecule has 116 valence electrons. The molecule has 0 radical (unpaired) electrons. The SMILES string of the molecule is COc1cc(F)c(CN2C(=O)OC[C@@H]2C(C)C)cc1OC. The molecular weight excluding hydrogens is 277 g/mol. The number of halogens is 1. The first kappa shape index (κ1) is 15.4. The topological polar surface area (TPSA) is 48.0 Å². The van der Waals surface area contributed by atoms with Crippen LogP contribution in [0.5, 0.6) is 11.5 Å². The fraction of sp³-hybridized carbons (Fsp3) is 0.533. The first-order chi connectivity index (χ1) is 9.97. The zero-order valence-electron chi connectivity index (χ0n) is 12.7. The highest BCUT2D eigenvalue weighted by molar-refractivity contribution is 5.70. The van der Waals surface area contributed by atoms with Crippen molar-refractivity contribution in [1.29, 1.82) is 0 Å². The summed E-state index contributed by atoms with van der Waals surface area (Å²) in [5.74, 6) is 0.556. The summed E-state index contributed by atoms with van der Waals surface area (Å²) in [5, 5.41) is 0. The van der Waals surface area contributed by atoms with Crippen LogP contribution >= 0.6 is 0 Å². The van der Waals surface area contributed by atoms with Crippen molar-refractivity contribution >= 4 is 6.09 Å². The van der Waals surface area contributed by atoms with Crippen molar-refractivity contribution in [2.45, 2.75) is 26.4 Å². The van der Waals surface area contributed by atoms with E-state index in [1.54, 1.807) is 11.0 Å². The summed E-state index contributed by atoms with van der Waals surface area (Å²) in [5.41, 5.74) is 0.372. The number of cyclic esters (lactones) is 1. The molecule has 1 saturated heterocycles. The predicted octanol–water partition coefficient (Wildman–Crippen LogP) is 2.82. The van der Waals surface area contributed by atoms with Gasteiger partial charge >= 0.3 is 6.09 Å². The maximum absolute atomic E-state index is 14.1. The third kappa shape index (κ3) is 3.04. The van der Waals surface area contributed by atoms with Crippen LogP contribution in [0.4, 0.5) is 9.18 Å². The van der Waals surface area contributed by atoms with Crippen LogP contribution in [0.25, 0.3) is 0 Å². The number of carbonyl (C=O) groups is 1. The van der Waals surface area contributed by atoms with E-state index >= 15 is 0 Å². The molecule has 1 amide bonds. The van der Waals surface area contributed by atoms with Gasteiger partial charge in [0.15, 0.2) is 11.5 Å². The highest BCUT2D eigenvalue weighted by Crippen LogP contribution is 2.31. The van der Waals surface area contributed by atoms with Crippen molar-refractivity contribution < 1.29 is 23.4 Å². The van der Waals surface area contributed by atoms with E-state index in [1.165, 1.54) is 20.3 Å². The Balaban J connectivity index is 2.28. The van der Waals surface area contributed by atoms with Gasteiger partial charge in [0.2, 0.25) is 0 Å². The first-order valence-electron chi connectivity index (χ1n) is 6.81. The van der Waals surface area contributed by atoms with E-state index in [-0.39, 0.29) is 18.5 Å². The lowest BCUT2D eigenvalue weighted by molar-refractivity contribution is 0.154. The smallest absolute Gasteiger partial charge is 0.410 e. The quantitative estimate of drug-likeness (QED) is 0.838. The normalized spacial score (nSPS) is 18.1. The number of carbonyl (C=O) groups excluding carboxylic acids is 1. The fourth-order valence-corrected chi connectivity index (χ4v) is 2.40. The van der Waals surface area contributed by atoms with Gasteiger partial charge in [-0.3, -0.25) is 4.90 Å². The van der Waals surface area contributed by atoms with Gasteiger partial charge in [-0.05, 0) is 12.0 Å². The molecular formula is C15H20FNO4. The average Bonchev–Trinajstić information content (AvgIpc) is 2.82. The Bertz CT molecular complexity index is 533. The molecule has 1 atom stereocenters. The Labute approximate surface area is 123 Å². The number of ether oxygens (including phenoxy) is 3. The summed E-state index contributed by atoms with van der Waals surface area (Å²) in [6.45, 7) is 4.49. The Kier molecular flexibility index (Phi) is 4.55. The molecule has 1 aliphatic heterocycles. The van der Waals surface area contributed by atoms with Crippen molar-refractivity contribution in [3.63, 3.8) is 0 Å². The zero-order valence-corrected chi connectivity index (χ0v) is 12.7.